The Hall–Kier alpha value is -1.47. The molecule has 0 radical (unpaired) electrons. The Labute approximate surface area is 131 Å². The molecule has 21 heavy (non-hydrogen) atoms. The number of aromatic nitrogens is 3. The molecule has 5 nitrogen and oxygen atoms in total. The van der Waals surface area contributed by atoms with Crippen LogP contribution in [0.1, 0.15) is 19.5 Å². The highest BCUT2D eigenvalue weighted by molar-refractivity contribution is 9.10. The van der Waals surface area contributed by atoms with Crippen LogP contribution < -0.4 is 10.1 Å². The zero-order valence-corrected chi connectivity index (χ0v) is 13.6. The molecule has 1 N–H and O–H groups in total. The minimum Gasteiger partial charge on any atom is -0.489 e. The molecule has 1 heterocycles. The van der Waals surface area contributed by atoms with E-state index in [1.165, 1.54) is 6.07 Å². The zero-order chi connectivity index (χ0) is 15.2. The number of nitrogens with one attached hydrogen (secondary N) is 1. The van der Waals surface area contributed by atoms with E-state index in [2.05, 4.69) is 45.4 Å². The van der Waals surface area contributed by atoms with Crippen molar-refractivity contribution in [2.24, 2.45) is 0 Å². The van der Waals surface area contributed by atoms with Gasteiger partial charge in [0.25, 0.3) is 0 Å². The van der Waals surface area contributed by atoms with Gasteiger partial charge in [0.15, 0.2) is 11.6 Å². The topological polar surface area (TPSA) is 52.0 Å². The molecule has 2 aromatic rings. The fourth-order valence-electron chi connectivity index (χ4n) is 1.68. The number of hydrogen-bond acceptors (Lipinski definition) is 4. The molecule has 0 saturated heterocycles. The zero-order valence-electron chi connectivity index (χ0n) is 12.0. The monoisotopic (exact) mass is 356 g/mol. The van der Waals surface area contributed by atoms with Gasteiger partial charge in [-0.3, -0.25) is 0 Å². The maximum atomic E-state index is 13.6. The fraction of sp³-hybridized carbons (Fsp3) is 0.429. The van der Waals surface area contributed by atoms with Crippen LogP contribution in [0.15, 0.2) is 28.9 Å². The standard InChI is InChI=1S/C14H18BrFN4O/c1-10(2)17-8-12-9-20(19-18-12)5-6-21-14-4-3-11(15)7-13(14)16/h3-4,7,9-10,17H,5-6,8H2,1-2H3. The van der Waals surface area contributed by atoms with Gasteiger partial charge in [0.1, 0.15) is 6.61 Å². The van der Waals surface area contributed by atoms with Crippen molar-refractivity contribution in [3.8, 4) is 5.75 Å². The smallest absolute Gasteiger partial charge is 0.166 e. The molecule has 0 amide bonds. The summed E-state index contributed by atoms with van der Waals surface area (Å²) in [5, 5.41) is 11.3. The maximum Gasteiger partial charge on any atom is 0.166 e. The van der Waals surface area contributed by atoms with E-state index >= 15 is 0 Å². The second-order valence-corrected chi connectivity index (χ2v) is 5.85. The Balaban J connectivity index is 1.80. The lowest BCUT2D eigenvalue weighted by molar-refractivity contribution is 0.277. The van der Waals surface area contributed by atoms with Gasteiger partial charge in [-0.1, -0.05) is 35.0 Å². The minimum absolute atomic E-state index is 0.236. The summed E-state index contributed by atoms with van der Waals surface area (Å²) in [5.74, 6) is -0.148. The first-order chi connectivity index (χ1) is 10.0. The summed E-state index contributed by atoms with van der Waals surface area (Å²) in [6, 6.07) is 5.11. The fourth-order valence-corrected chi connectivity index (χ4v) is 2.01. The molecule has 0 aliphatic heterocycles. The largest absolute Gasteiger partial charge is 0.489 e. The third-order valence-electron chi connectivity index (χ3n) is 2.75. The van der Waals surface area contributed by atoms with E-state index in [4.69, 9.17) is 4.74 Å². The van der Waals surface area contributed by atoms with Gasteiger partial charge in [0.2, 0.25) is 0 Å². The molecule has 0 fully saturated rings. The molecule has 1 aromatic carbocycles. The van der Waals surface area contributed by atoms with E-state index in [1.54, 1.807) is 16.8 Å². The van der Waals surface area contributed by atoms with Gasteiger partial charge >= 0.3 is 0 Å². The predicted molar refractivity (Wildman–Crippen MR) is 81.6 cm³/mol. The number of ether oxygens (including phenoxy) is 1. The second-order valence-electron chi connectivity index (χ2n) is 4.93. The average molecular weight is 357 g/mol. The van der Waals surface area contributed by atoms with E-state index in [0.29, 0.717) is 30.2 Å². The third-order valence-corrected chi connectivity index (χ3v) is 3.24. The molecule has 0 saturated carbocycles. The van der Waals surface area contributed by atoms with Crippen LogP contribution in [0.3, 0.4) is 0 Å². The van der Waals surface area contributed by atoms with Crippen LogP contribution in [0.25, 0.3) is 0 Å². The Bertz CT molecular complexity index is 588. The Morgan fingerprint density at radius 3 is 2.95 bits per heavy atom. The first kappa shape index (κ1) is 15.9. The summed E-state index contributed by atoms with van der Waals surface area (Å²) in [4.78, 5) is 0. The van der Waals surface area contributed by atoms with Crippen molar-refractivity contribution in [2.75, 3.05) is 6.61 Å². The molecule has 7 heteroatoms. The minimum atomic E-state index is -0.384. The van der Waals surface area contributed by atoms with Crippen molar-refractivity contribution in [3.05, 3.63) is 40.4 Å². The quantitative estimate of drug-likeness (QED) is 0.828. The molecule has 1 aromatic heterocycles. The van der Waals surface area contributed by atoms with Crippen molar-refractivity contribution in [1.29, 1.82) is 0 Å². The molecular weight excluding hydrogens is 339 g/mol. The number of nitrogens with zero attached hydrogens (tertiary/aromatic N) is 3. The predicted octanol–water partition coefficient (Wildman–Crippen LogP) is 2.76. The van der Waals surface area contributed by atoms with E-state index in [-0.39, 0.29) is 11.6 Å². The van der Waals surface area contributed by atoms with Gasteiger partial charge in [-0.2, -0.15) is 0 Å². The van der Waals surface area contributed by atoms with Gasteiger partial charge < -0.3 is 10.1 Å². The van der Waals surface area contributed by atoms with Gasteiger partial charge in [-0.05, 0) is 18.2 Å². The molecule has 114 valence electrons. The Morgan fingerprint density at radius 1 is 1.43 bits per heavy atom. The maximum absolute atomic E-state index is 13.6. The molecule has 0 spiro atoms. The number of benzene rings is 1. The van der Waals surface area contributed by atoms with Crippen molar-refractivity contribution in [1.82, 2.24) is 20.3 Å². The van der Waals surface area contributed by atoms with Crippen LogP contribution in [0, 0.1) is 5.82 Å². The van der Waals surface area contributed by atoms with Gasteiger partial charge in [0, 0.05) is 23.3 Å². The Kier molecular flexibility index (Phi) is 5.69. The lowest BCUT2D eigenvalue weighted by Crippen LogP contribution is -2.21. The van der Waals surface area contributed by atoms with Crippen molar-refractivity contribution < 1.29 is 9.13 Å². The normalized spacial score (nSPS) is 11.1. The molecule has 0 aliphatic rings. The van der Waals surface area contributed by atoms with Crippen LogP contribution >= 0.6 is 15.9 Å². The van der Waals surface area contributed by atoms with Crippen LogP contribution in [-0.2, 0) is 13.1 Å². The first-order valence-corrected chi connectivity index (χ1v) is 7.54. The molecule has 2 rings (SSSR count). The highest BCUT2D eigenvalue weighted by atomic mass is 79.9. The third kappa shape index (κ3) is 5.09. The van der Waals surface area contributed by atoms with E-state index in [1.807, 2.05) is 6.20 Å². The number of hydrogen-bond donors (Lipinski definition) is 1. The average Bonchev–Trinajstić information content (AvgIpc) is 2.87. The number of rotatable bonds is 7. The van der Waals surface area contributed by atoms with Gasteiger partial charge in [-0.25, -0.2) is 9.07 Å². The van der Waals surface area contributed by atoms with Gasteiger partial charge in [0.05, 0.1) is 12.2 Å². The summed E-state index contributed by atoms with van der Waals surface area (Å²) < 4.78 is 21.3. The lowest BCUT2D eigenvalue weighted by Gasteiger charge is -2.07. The molecule has 0 aliphatic carbocycles. The second kappa shape index (κ2) is 7.51. The summed E-state index contributed by atoms with van der Waals surface area (Å²) >= 11 is 3.20. The summed E-state index contributed by atoms with van der Waals surface area (Å²) in [6.45, 7) is 5.68. The van der Waals surface area contributed by atoms with E-state index < -0.39 is 0 Å². The van der Waals surface area contributed by atoms with E-state index in [0.717, 1.165) is 5.69 Å². The van der Waals surface area contributed by atoms with Crippen LogP contribution in [0.5, 0.6) is 5.75 Å². The number of halogens is 2. The van der Waals surface area contributed by atoms with Crippen molar-refractivity contribution in [2.45, 2.75) is 33.0 Å². The molecular formula is C14H18BrFN4O. The Morgan fingerprint density at radius 2 is 2.24 bits per heavy atom. The lowest BCUT2D eigenvalue weighted by atomic mass is 10.3. The molecule has 0 bridgehead atoms. The van der Waals surface area contributed by atoms with E-state index in [9.17, 15) is 4.39 Å². The van der Waals surface area contributed by atoms with Crippen LogP contribution in [0.2, 0.25) is 0 Å². The van der Waals surface area contributed by atoms with Crippen LogP contribution in [-0.4, -0.2) is 27.6 Å². The SMILES string of the molecule is CC(C)NCc1cn(CCOc2ccc(Br)cc2F)nn1. The highest BCUT2D eigenvalue weighted by Gasteiger charge is 2.05. The highest BCUT2D eigenvalue weighted by Crippen LogP contribution is 2.21. The van der Waals surface area contributed by atoms with Crippen LogP contribution in [0.4, 0.5) is 4.39 Å². The summed E-state index contributed by atoms with van der Waals surface area (Å²) in [5.41, 5.74) is 0.874. The molecule has 0 atom stereocenters. The summed E-state index contributed by atoms with van der Waals surface area (Å²) in [6.07, 6.45) is 1.86. The summed E-state index contributed by atoms with van der Waals surface area (Å²) in [7, 11) is 0. The van der Waals surface area contributed by atoms with Gasteiger partial charge in [-0.15, -0.1) is 5.10 Å². The van der Waals surface area contributed by atoms with Crippen molar-refractivity contribution in [3.63, 3.8) is 0 Å². The van der Waals surface area contributed by atoms with Crippen molar-refractivity contribution >= 4 is 15.9 Å². The molecule has 0 unspecified atom stereocenters. The first-order valence-electron chi connectivity index (χ1n) is 6.75.